The highest BCUT2D eigenvalue weighted by atomic mass is 32.2. The first kappa shape index (κ1) is 21.0. The predicted molar refractivity (Wildman–Crippen MR) is 111 cm³/mol. The van der Waals surface area contributed by atoms with Crippen LogP contribution in [0.4, 0.5) is 0 Å². The van der Waals surface area contributed by atoms with Gasteiger partial charge in [-0.15, -0.1) is 0 Å². The molecule has 3 aromatic rings. The van der Waals surface area contributed by atoms with Crippen molar-refractivity contribution in [3.63, 3.8) is 0 Å². The van der Waals surface area contributed by atoms with E-state index in [0.29, 0.717) is 0 Å². The zero-order valence-electron chi connectivity index (χ0n) is 16.2. The van der Waals surface area contributed by atoms with E-state index in [1.807, 2.05) is 41.4 Å². The fourth-order valence-electron chi connectivity index (χ4n) is 3.09. The van der Waals surface area contributed by atoms with Crippen LogP contribution in [0.2, 0.25) is 0 Å². The zero-order chi connectivity index (χ0) is 21.2. The molecule has 2 heterocycles. The Hall–Kier alpha value is -2.69. The van der Waals surface area contributed by atoms with E-state index in [9.17, 15) is 13.2 Å². The van der Waals surface area contributed by atoms with E-state index in [-0.39, 0.29) is 28.8 Å². The SMILES string of the molecule is COc1ccc(S(=O)(=O)NC[C@H](c2ccsc2)n2nc(C)cc2C)cc1C(N)=O. The molecule has 0 aliphatic carbocycles. The summed E-state index contributed by atoms with van der Waals surface area (Å²) in [7, 11) is -2.51. The molecule has 1 aromatic carbocycles. The molecule has 0 saturated heterocycles. The van der Waals surface area contributed by atoms with Gasteiger partial charge in [0.2, 0.25) is 10.0 Å². The number of amides is 1. The van der Waals surface area contributed by atoms with Crippen LogP contribution >= 0.6 is 11.3 Å². The molecule has 0 spiro atoms. The van der Waals surface area contributed by atoms with Gasteiger partial charge in [0.25, 0.3) is 5.91 Å². The monoisotopic (exact) mass is 434 g/mol. The lowest BCUT2D eigenvalue weighted by Gasteiger charge is -2.19. The molecule has 3 rings (SSSR count). The van der Waals surface area contributed by atoms with Crippen molar-refractivity contribution in [2.75, 3.05) is 13.7 Å². The Balaban J connectivity index is 1.90. The number of methoxy groups -OCH3 is 1. The summed E-state index contributed by atoms with van der Waals surface area (Å²) >= 11 is 1.53. The predicted octanol–water partition coefficient (Wildman–Crippen LogP) is 2.24. The smallest absolute Gasteiger partial charge is 0.252 e. The molecule has 0 fully saturated rings. The van der Waals surface area contributed by atoms with Gasteiger partial charge >= 0.3 is 0 Å². The van der Waals surface area contributed by atoms with Gasteiger partial charge in [0.15, 0.2) is 0 Å². The largest absolute Gasteiger partial charge is 0.496 e. The highest BCUT2D eigenvalue weighted by Crippen LogP contribution is 2.25. The van der Waals surface area contributed by atoms with Crippen LogP contribution in [0.25, 0.3) is 0 Å². The number of carbonyl (C=O) groups is 1. The third-order valence-electron chi connectivity index (χ3n) is 4.48. The number of primary amides is 1. The van der Waals surface area contributed by atoms with Crippen LogP contribution < -0.4 is 15.2 Å². The molecule has 2 aromatic heterocycles. The number of thiophene rings is 1. The molecule has 1 amide bonds. The summed E-state index contributed by atoms with van der Waals surface area (Å²) in [4.78, 5) is 11.6. The molecular weight excluding hydrogens is 412 g/mol. The maximum atomic E-state index is 12.9. The highest BCUT2D eigenvalue weighted by Gasteiger charge is 2.23. The Kier molecular flexibility index (Phi) is 6.06. The van der Waals surface area contributed by atoms with E-state index >= 15 is 0 Å². The number of sulfonamides is 1. The Bertz CT molecular complexity index is 1120. The van der Waals surface area contributed by atoms with Gasteiger partial charge in [-0.2, -0.15) is 16.4 Å². The fraction of sp³-hybridized carbons (Fsp3) is 0.263. The van der Waals surface area contributed by atoms with Crippen molar-refractivity contribution in [2.45, 2.75) is 24.8 Å². The number of benzene rings is 1. The van der Waals surface area contributed by atoms with E-state index in [2.05, 4.69) is 9.82 Å². The molecule has 3 N–H and O–H groups in total. The first-order valence-electron chi connectivity index (χ1n) is 8.75. The molecule has 8 nitrogen and oxygen atoms in total. The van der Waals surface area contributed by atoms with Crippen LogP contribution in [0.3, 0.4) is 0 Å². The molecule has 0 unspecified atom stereocenters. The van der Waals surface area contributed by atoms with Crippen LogP contribution in [0.5, 0.6) is 5.75 Å². The van der Waals surface area contributed by atoms with Crippen molar-refractivity contribution in [3.05, 3.63) is 63.6 Å². The quantitative estimate of drug-likeness (QED) is 0.564. The van der Waals surface area contributed by atoms with Gasteiger partial charge in [-0.05, 0) is 60.5 Å². The Labute approximate surface area is 173 Å². The van der Waals surface area contributed by atoms with Crippen molar-refractivity contribution in [2.24, 2.45) is 5.73 Å². The summed E-state index contributed by atoms with van der Waals surface area (Å²) < 4.78 is 35.2. The van der Waals surface area contributed by atoms with Crippen LogP contribution in [-0.2, 0) is 10.0 Å². The number of aromatic nitrogens is 2. The number of aryl methyl sites for hydroxylation is 2. The Morgan fingerprint density at radius 3 is 2.62 bits per heavy atom. The topological polar surface area (TPSA) is 116 Å². The van der Waals surface area contributed by atoms with Gasteiger partial charge in [-0.1, -0.05) is 0 Å². The van der Waals surface area contributed by atoms with Gasteiger partial charge in [0, 0.05) is 12.2 Å². The van der Waals surface area contributed by atoms with Crippen LogP contribution in [0.1, 0.15) is 33.4 Å². The number of hydrogen-bond donors (Lipinski definition) is 2. The van der Waals surface area contributed by atoms with Crippen molar-refractivity contribution in [1.82, 2.24) is 14.5 Å². The number of nitrogens with zero attached hydrogens (tertiary/aromatic N) is 2. The summed E-state index contributed by atoms with van der Waals surface area (Å²) in [6, 6.07) is 7.57. The summed E-state index contributed by atoms with van der Waals surface area (Å²) in [5.74, 6) is -0.548. The van der Waals surface area contributed by atoms with Gasteiger partial charge in [-0.3, -0.25) is 9.48 Å². The third-order valence-corrected chi connectivity index (χ3v) is 6.60. The van der Waals surface area contributed by atoms with E-state index in [4.69, 9.17) is 10.5 Å². The molecule has 154 valence electrons. The van der Waals surface area contributed by atoms with Crippen molar-refractivity contribution < 1.29 is 17.9 Å². The second-order valence-corrected chi connectivity index (χ2v) is 9.07. The first-order chi connectivity index (χ1) is 13.7. The van der Waals surface area contributed by atoms with Crippen LogP contribution in [0, 0.1) is 13.8 Å². The van der Waals surface area contributed by atoms with Gasteiger partial charge in [0.05, 0.1) is 29.3 Å². The number of nitrogens with two attached hydrogens (primary N) is 1. The molecule has 0 bridgehead atoms. The molecule has 0 aliphatic rings. The summed E-state index contributed by atoms with van der Waals surface area (Å²) in [5, 5.41) is 8.41. The molecule has 10 heteroatoms. The molecule has 1 atom stereocenters. The summed E-state index contributed by atoms with van der Waals surface area (Å²) in [5.41, 5.74) is 8.08. The van der Waals surface area contributed by atoms with Crippen molar-refractivity contribution in [1.29, 1.82) is 0 Å². The lowest BCUT2D eigenvalue weighted by molar-refractivity contribution is 0.0997. The number of rotatable bonds is 8. The lowest BCUT2D eigenvalue weighted by Crippen LogP contribution is -2.32. The third kappa shape index (κ3) is 4.50. The van der Waals surface area contributed by atoms with E-state index in [1.54, 1.807) is 0 Å². The Morgan fingerprint density at radius 2 is 2.07 bits per heavy atom. The summed E-state index contributed by atoms with van der Waals surface area (Å²) in [6.07, 6.45) is 0. The van der Waals surface area contributed by atoms with Crippen LogP contribution in [-0.4, -0.2) is 37.8 Å². The number of hydrogen-bond acceptors (Lipinski definition) is 6. The molecule has 0 saturated carbocycles. The van der Waals surface area contributed by atoms with Gasteiger partial charge < -0.3 is 10.5 Å². The second kappa shape index (κ2) is 8.36. The maximum absolute atomic E-state index is 12.9. The van der Waals surface area contributed by atoms with E-state index < -0.39 is 15.9 Å². The first-order valence-corrected chi connectivity index (χ1v) is 11.2. The number of carbonyl (C=O) groups excluding carboxylic acids is 1. The van der Waals surface area contributed by atoms with Gasteiger partial charge in [-0.25, -0.2) is 13.1 Å². The van der Waals surface area contributed by atoms with Crippen molar-refractivity contribution >= 4 is 27.3 Å². The molecular formula is C19H22N4O4S2. The van der Waals surface area contributed by atoms with Gasteiger partial charge in [0.1, 0.15) is 5.75 Å². The highest BCUT2D eigenvalue weighted by molar-refractivity contribution is 7.89. The van der Waals surface area contributed by atoms with Crippen LogP contribution in [0.15, 0.2) is 46.0 Å². The number of nitrogens with one attached hydrogen (secondary N) is 1. The second-order valence-electron chi connectivity index (χ2n) is 6.52. The fourth-order valence-corrected chi connectivity index (χ4v) is 4.86. The minimum Gasteiger partial charge on any atom is -0.496 e. The normalized spacial score (nSPS) is 12.7. The molecule has 0 radical (unpaired) electrons. The Morgan fingerprint density at radius 1 is 1.31 bits per heavy atom. The average Bonchev–Trinajstić information content (AvgIpc) is 3.31. The van der Waals surface area contributed by atoms with Crippen molar-refractivity contribution in [3.8, 4) is 5.75 Å². The zero-order valence-corrected chi connectivity index (χ0v) is 17.9. The van der Waals surface area contributed by atoms with E-state index in [1.165, 1.54) is 36.6 Å². The number of ether oxygens (including phenoxy) is 1. The average molecular weight is 435 g/mol. The maximum Gasteiger partial charge on any atom is 0.252 e. The lowest BCUT2D eigenvalue weighted by atomic mass is 10.1. The minimum atomic E-state index is -3.89. The molecule has 0 aliphatic heterocycles. The summed E-state index contributed by atoms with van der Waals surface area (Å²) in [6.45, 7) is 3.91. The molecule has 29 heavy (non-hydrogen) atoms. The standard InChI is InChI=1S/C19H22N4O4S2/c1-12-8-13(2)23(22-12)17(14-6-7-28-11-14)10-21-29(25,26)15-4-5-18(27-3)16(9-15)19(20)24/h4-9,11,17,21H,10H2,1-3H3,(H2,20,24)/t17-/m1/s1. The minimum absolute atomic E-state index is 0.00306. The van der Waals surface area contributed by atoms with E-state index in [0.717, 1.165) is 17.0 Å².